The molecule has 0 spiro atoms. The molecule has 4 aromatic rings. The second kappa shape index (κ2) is 13.4. The van der Waals surface area contributed by atoms with Crippen LogP contribution in [-0.4, -0.2) is 46.7 Å². The molecule has 1 aromatic heterocycles. The average Bonchev–Trinajstić information content (AvgIpc) is 3.09. The van der Waals surface area contributed by atoms with E-state index in [0.717, 1.165) is 62.3 Å². The molecular formula is C40H48FN5O2. The summed E-state index contributed by atoms with van der Waals surface area (Å²) in [5, 5.41) is 4.24. The van der Waals surface area contributed by atoms with Gasteiger partial charge in [0.25, 0.3) is 5.56 Å². The highest BCUT2D eigenvalue weighted by Crippen LogP contribution is 2.61. The lowest BCUT2D eigenvalue weighted by atomic mass is 9.45. The van der Waals surface area contributed by atoms with Crippen LogP contribution in [0.1, 0.15) is 57.6 Å². The molecule has 8 rings (SSSR count). The number of guanidine groups is 1. The molecule has 1 N–H and O–H groups in total. The highest BCUT2D eigenvalue weighted by Gasteiger charge is 2.56. The Morgan fingerprint density at radius 2 is 1.85 bits per heavy atom. The second-order valence-electron chi connectivity index (χ2n) is 14.9. The van der Waals surface area contributed by atoms with E-state index in [4.69, 9.17) is 9.73 Å². The highest BCUT2D eigenvalue weighted by molar-refractivity contribution is 5.96. The quantitative estimate of drug-likeness (QED) is 0.157. The minimum absolute atomic E-state index is 0.132. The number of rotatable bonds is 8. The number of hydrogen-bond acceptors (Lipinski definition) is 4. The number of benzene rings is 3. The Hall–Kier alpha value is -4.20. The van der Waals surface area contributed by atoms with Crippen LogP contribution in [0.15, 0.2) is 82.8 Å². The molecule has 1 saturated heterocycles. The predicted octanol–water partition coefficient (Wildman–Crippen LogP) is 7.58. The molecule has 4 unspecified atom stereocenters. The molecule has 3 aliphatic carbocycles. The fourth-order valence-electron chi connectivity index (χ4n) is 8.56. The van der Waals surface area contributed by atoms with E-state index in [2.05, 4.69) is 66.3 Å². The first-order valence-corrected chi connectivity index (χ1v) is 17.6. The summed E-state index contributed by atoms with van der Waals surface area (Å²) >= 11 is 0. The van der Waals surface area contributed by atoms with Crippen molar-refractivity contribution < 1.29 is 9.13 Å². The van der Waals surface area contributed by atoms with Gasteiger partial charge in [0.1, 0.15) is 11.6 Å². The first kappa shape index (κ1) is 32.4. The number of nitrogens with one attached hydrogen (secondary N) is 1. The fourth-order valence-corrected chi connectivity index (χ4v) is 8.56. The van der Waals surface area contributed by atoms with Crippen molar-refractivity contribution in [1.29, 1.82) is 0 Å². The number of aliphatic imine (C=N–C) groups is 1. The molecule has 1 aliphatic heterocycles. The van der Waals surface area contributed by atoms with E-state index in [1.54, 1.807) is 23.0 Å². The van der Waals surface area contributed by atoms with Gasteiger partial charge in [0, 0.05) is 31.4 Å². The molecule has 252 valence electrons. The van der Waals surface area contributed by atoms with Gasteiger partial charge in [-0.1, -0.05) is 57.2 Å². The van der Waals surface area contributed by atoms with E-state index in [1.165, 1.54) is 25.2 Å². The Balaban J connectivity index is 1.09. The van der Waals surface area contributed by atoms with Crippen LogP contribution >= 0.6 is 0 Å². The Bertz CT molecular complexity index is 1850. The standard InChI is InChI=1S/C40H48FN5O2/c1-26-34-21-30(40(34,2)3)22-36(26)44-39(45-17-14-28(15-18-45)20-27-8-6-5-7-9-27)43-31-11-13-33-37(23-31)42-25-46(38(33)47)19-16-29-10-12-32(48-4)24-35(29)41/h5-13,23-26,28,30,34,36H,14-22H2,1-4H3,(H,43,44). The molecule has 0 radical (unpaired) electrons. The number of halogens is 1. The molecule has 3 aromatic carbocycles. The van der Waals surface area contributed by atoms with Gasteiger partial charge in [0.05, 0.1) is 30.4 Å². The minimum Gasteiger partial charge on any atom is -0.497 e. The van der Waals surface area contributed by atoms with Gasteiger partial charge >= 0.3 is 0 Å². The summed E-state index contributed by atoms with van der Waals surface area (Å²) in [6, 6.07) is 21.7. The van der Waals surface area contributed by atoms with Crippen molar-refractivity contribution in [2.24, 2.45) is 34.1 Å². The largest absolute Gasteiger partial charge is 0.497 e. The molecule has 2 bridgehead atoms. The Labute approximate surface area is 283 Å². The number of piperidine rings is 1. The smallest absolute Gasteiger partial charge is 0.261 e. The summed E-state index contributed by atoms with van der Waals surface area (Å²) < 4.78 is 21.2. The van der Waals surface area contributed by atoms with Gasteiger partial charge in [-0.05, 0) is 103 Å². The summed E-state index contributed by atoms with van der Waals surface area (Å²) in [6.07, 6.45) is 7.80. The average molecular weight is 650 g/mol. The molecule has 0 amide bonds. The van der Waals surface area contributed by atoms with E-state index in [1.807, 2.05) is 18.2 Å². The van der Waals surface area contributed by atoms with Gasteiger partial charge in [-0.3, -0.25) is 9.36 Å². The predicted molar refractivity (Wildman–Crippen MR) is 191 cm³/mol. The maximum atomic E-state index is 14.5. The third kappa shape index (κ3) is 6.46. The Kier molecular flexibility index (Phi) is 9.01. The van der Waals surface area contributed by atoms with E-state index in [-0.39, 0.29) is 11.4 Å². The maximum Gasteiger partial charge on any atom is 0.261 e. The summed E-state index contributed by atoms with van der Waals surface area (Å²) in [5.41, 5.74) is 3.74. The number of hydrogen-bond donors (Lipinski definition) is 1. The lowest BCUT2D eigenvalue weighted by Crippen LogP contribution is -2.56. The number of nitrogens with zero attached hydrogens (tertiary/aromatic N) is 4. The van der Waals surface area contributed by atoms with Gasteiger partial charge in [-0.25, -0.2) is 14.4 Å². The summed E-state index contributed by atoms with van der Waals surface area (Å²) in [5.74, 6) is 3.74. The number of fused-ring (bicyclic) bond motifs is 3. The van der Waals surface area contributed by atoms with Crippen molar-refractivity contribution >= 4 is 22.5 Å². The van der Waals surface area contributed by atoms with Crippen LogP contribution in [0, 0.1) is 34.9 Å². The van der Waals surface area contributed by atoms with Gasteiger partial charge in [0.15, 0.2) is 5.96 Å². The monoisotopic (exact) mass is 649 g/mol. The summed E-state index contributed by atoms with van der Waals surface area (Å²) in [7, 11) is 1.51. The van der Waals surface area contributed by atoms with Crippen LogP contribution < -0.4 is 15.6 Å². The van der Waals surface area contributed by atoms with Crippen LogP contribution in [-0.2, 0) is 19.4 Å². The lowest BCUT2D eigenvalue weighted by molar-refractivity contribution is -0.108. The Morgan fingerprint density at radius 3 is 2.56 bits per heavy atom. The minimum atomic E-state index is -0.340. The van der Waals surface area contributed by atoms with E-state index < -0.39 is 0 Å². The third-order valence-electron chi connectivity index (χ3n) is 11.8. The highest BCUT2D eigenvalue weighted by atomic mass is 19.1. The normalized spacial score (nSPS) is 23.9. The van der Waals surface area contributed by atoms with Gasteiger partial charge < -0.3 is 15.0 Å². The molecule has 4 aliphatic rings. The number of methoxy groups -OCH3 is 1. The van der Waals surface area contributed by atoms with Crippen LogP contribution in [0.25, 0.3) is 10.9 Å². The molecule has 4 fully saturated rings. The molecular weight excluding hydrogens is 601 g/mol. The maximum absolute atomic E-state index is 14.5. The van der Waals surface area contributed by atoms with Crippen molar-refractivity contribution in [3.8, 4) is 5.75 Å². The molecule has 48 heavy (non-hydrogen) atoms. The number of likely N-dealkylation sites (tertiary alicyclic amines) is 1. The number of aryl methyl sites for hydroxylation is 2. The summed E-state index contributed by atoms with van der Waals surface area (Å²) in [4.78, 5) is 26.0. The first-order chi connectivity index (χ1) is 23.2. The van der Waals surface area contributed by atoms with Gasteiger partial charge in [-0.15, -0.1) is 0 Å². The molecule has 7 nitrogen and oxygen atoms in total. The lowest BCUT2D eigenvalue weighted by Gasteiger charge is -2.61. The van der Waals surface area contributed by atoms with Crippen molar-refractivity contribution in [1.82, 2.24) is 14.5 Å². The van der Waals surface area contributed by atoms with E-state index >= 15 is 0 Å². The number of ether oxygens (including phenoxy) is 1. The topological polar surface area (TPSA) is 71.8 Å². The van der Waals surface area contributed by atoms with E-state index in [9.17, 15) is 9.18 Å². The third-order valence-corrected chi connectivity index (χ3v) is 11.8. The van der Waals surface area contributed by atoms with Crippen LogP contribution in [0.4, 0.5) is 10.1 Å². The SMILES string of the molecule is COc1ccc(CCn2cnc3cc(NC(=NC4CC5CC(C4C)C5(C)C)N4CCC(Cc5ccccc5)CC4)ccc3c2=O)c(F)c1. The molecule has 2 heterocycles. The first-order valence-electron chi connectivity index (χ1n) is 17.6. The van der Waals surface area contributed by atoms with Crippen molar-refractivity contribution in [3.63, 3.8) is 0 Å². The summed E-state index contributed by atoms with van der Waals surface area (Å²) in [6.45, 7) is 9.54. The van der Waals surface area contributed by atoms with E-state index in [0.29, 0.717) is 58.5 Å². The second-order valence-corrected chi connectivity index (χ2v) is 14.9. The Morgan fingerprint density at radius 1 is 1.06 bits per heavy atom. The zero-order valence-corrected chi connectivity index (χ0v) is 28.7. The van der Waals surface area contributed by atoms with Gasteiger partial charge in [-0.2, -0.15) is 0 Å². The van der Waals surface area contributed by atoms with Crippen LogP contribution in [0.2, 0.25) is 0 Å². The fraction of sp³-hybridized carbons (Fsp3) is 0.475. The van der Waals surface area contributed by atoms with Crippen molar-refractivity contribution in [2.75, 3.05) is 25.5 Å². The van der Waals surface area contributed by atoms with Crippen LogP contribution in [0.3, 0.4) is 0 Å². The molecule has 8 heteroatoms. The van der Waals surface area contributed by atoms with Crippen molar-refractivity contribution in [2.45, 2.75) is 71.9 Å². The number of anilines is 1. The zero-order chi connectivity index (χ0) is 33.4. The van der Waals surface area contributed by atoms with Crippen LogP contribution in [0.5, 0.6) is 5.75 Å². The van der Waals surface area contributed by atoms with Crippen molar-refractivity contribution in [3.05, 3.63) is 100 Å². The number of aromatic nitrogens is 2. The molecule has 3 saturated carbocycles. The molecule has 4 atom stereocenters. The zero-order valence-electron chi connectivity index (χ0n) is 28.7. The van der Waals surface area contributed by atoms with Gasteiger partial charge in [0.2, 0.25) is 0 Å².